The minimum Gasteiger partial charge on any atom is -0.460 e. The first-order valence-electron chi connectivity index (χ1n) is 7.82. The highest BCUT2D eigenvalue weighted by atomic mass is 19.1. The van der Waals surface area contributed by atoms with Gasteiger partial charge in [-0.05, 0) is 56.9 Å². The van der Waals surface area contributed by atoms with E-state index in [4.69, 9.17) is 4.74 Å². The summed E-state index contributed by atoms with van der Waals surface area (Å²) in [6.07, 6.45) is 3.19. The van der Waals surface area contributed by atoms with Crippen LogP contribution in [-0.2, 0) is 9.53 Å². The zero-order valence-electron chi connectivity index (χ0n) is 14.8. The SMILES string of the molecule is Cc1cc(F)ccc1/C=C/C(O)(CC(=O)OC(C)(C)C)C(C)C. The van der Waals surface area contributed by atoms with Gasteiger partial charge in [0.2, 0.25) is 0 Å². The maximum atomic E-state index is 13.1. The van der Waals surface area contributed by atoms with Gasteiger partial charge in [-0.3, -0.25) is 4.79 Å². The van der Waals surface area contributed by atoms with Crippen LogP contribution in [0.1, 0.15) is 52.2 Å². The summed E-state index contributed by atoms with van der Waals surface area (Å²) in [5, 5.41) is 10.8. The van der Waals surface area contributed by atoms with Crippen LogP contribution in [0.3, 0.4) is 0 Å². The third-order valence-corrected chi connectivity index (χ3v) is 3.63. The summed E-state index contributed by atoms with van der Waals surface area (Å²) in [5.41, 5.74) is -0.339. The molecule has 1 aromatic rings. The maximum Gasteiger partial charge on any atom is 0.309 e. The molecule has 0 aliphatic heterocycles. The van der Waals surface area contributed by atoms with E-state index in [1.165, 1.54) is 12.1 Å². The van der Waals surface area contributed by atoms with Crippen LogP contribution in [0.2, 0.25) is 0 Å². The lowest BCUT2D eigenvalue weighted by Gasteiger charge is -2.30. The van der Waals surface area contributed by atoms with Gasteiger partial charge >= 0.3 is 5.97 Å². The molecule has 1 unspecified atom stereocenters. The van der Waals surface area contributed by atoms with E-state index in [2.05, 4.69) is 0 Å². The molecule has 0 amide bonds. The number of ether oxygens (including phenoxy) is 1. The first-order chi connectivity index (χ1) is 10.4. The number of carbonyl (C=O) groups excluding carboxylic acids is 1. The average Bonchev–Trinajstić information content (AvgIpc) is 2.34. The van der Waals surface area contributed by atoms with Gasteiger partial charge in [0.1, 0.15) is 11.4 Å². The number of hydrogen-bond donors (Lipinski definition) is 1. The van der Waals surface area contributed by atoms with E-state index in [-0.39, 0.29) is 18.2 Å². The average molecular weight is 322 g/mol. The predicted octanol–water partition coefficient (Wildman–Crippen LogP) is 4.27. The lowest BCUT2D eigenvalue weighted by atomic mass is 9.86. The van der Waals surface area contributed by atoms with E-state index in [1.54, 1.807) is 45.9 Å². The van der Waals surface area contributed by atoms with Gasteiger partial charge in [-0.1, -0.05) is 32.1 Å². The molecule has 0 radical (unpaired) electrons. The van der Waals surface area contributed by atoms with Crippen LogP contribution in [-0.4, -0.2) is 22.3 Å². The van der Waals surface area contributed by atoms with Crippen LogP contribution in [0.4, 0.5) is 4.39 Å². The first kappa shape index (κ1) is 19.4. The van der Waals surface area contributed by atoms with Crippen LogP contribution >= 0.6 is 0 Å². The fraction of sp³-hybridized carbons (Fsp3) is 0.526. The van der Waals surface area contributed by atoms with Gasteiger partial charge in [0.05, 0.1) is 12.0 Å². The highest BCUT2D eigenvalue weighted by molar-refractivity contribution is 5.72. The number of benzene rings is 1. The van der Waals surface area contributed by atoms with Crippen molar-refractivity contribution in [2.24, 2.45) is 5.92 Å². The van der Waals surface area contributed by atoms with Crippen LogP contribution in [0.5, 0.6) is 0 Å². The van der Waals surface area contributed by atoms with Crippen molar-refractivity contribution in [1.29, 1.82) is 0 Å². The molecule has 0 bridgehead atoms. The number of rotatable bonds is 5. The lowest BCUT2D eigenvalue weighted by molar-refractivity contribution is -0.160. The fourth-order valence-corrected chi connectivity index (χ4v) is 2.12. The predicted molar refractivity (Wildman–Crippen MR) is 90.4 cm³/mol. The number of carbonyl (C=O) groups is 1. The maximum absolute atomic E-state index is 13.1. The quantitative estimate of drug-likeness (QED) is 0.824. The molecule has 1 N–H and O–H groups in total. The van der Waals surface area contributed by atoms with Crippen molar-refractivity contribution in [2.75, 3.05) is 0 Å². The summed E-state index contributed by atoms with van der Waals surface area (Å²) >= 11 is 0. The molecule has 0 spiro atoms. The van der Waals surface area contributed by atoms with E-state index in [0.717, 1.165) is 11.1 Å². The number of hydrogen-bond acceptors (Lipinski definition) is 3. The normalized spacial score (nSPS) is 15.0. The molecule has 1 atom stereocenters. The molecule has 1 rings (SSSR count). The zero-order chi connectivity index (χ0) is 17.8. The Labute approximate surface area is 138 Å². The Hall–Kier alpha value is -1.68. The van der Waals surface area contributed by atoms with Crippen LogP contribution in [0.25, 0.3) is 6.08 Å². The Kier molecular flexibility index (Phi) is 6.11. The molecule has 0 heterocycles. The monoisotopic (exact) mass is 322 g/mol. The van der Waals surface area contributed by atoms with E-state index in [9.17, 15) is 14.3 Å². The number of halogens is 1. The lowest BCUT2D eigenvalue weighted by Crippen LogP contribution is -2.37. The van der Waals surface area contributed by atoms with Crippen molar-refractivity contribution in [3.8, 4) is 0 Å². The van der Waals surface area contributed by atoms with Gasteiger partial charge in [-0.2, -0.15) is 0 Å². The van der Waals surface area contributed by atoms with Crippen molar-refractivity contribution in [3.05, 3.63) is 41.2 Å². The van der Waals surface area contributed by atoms with E-state index in [1.807, 2.05) is 13.8 Å². The standard InChI is InChI=1S/C19H27FO3/c1-13(2)19(22,12-17(21)23-18(4,5)6)10-9-15-7-8-16(20)11-14(15)3/h7-11,13,22H,12H2,1-6H3/b10-9+. The molecule has 0 aliphatic carbocycles. The molecule has 0 aromatic heterocycles. The molecule has 128 valence electrons. The van der Waals surface area contributed by atoms with Crippen molar-refractivity contribution in [2.45, 2.75) is 59.2 Å². The minimum atomic E-state index is -1.32. The van der Waals surface area contributed by atoms with Gasteiger partial charge in [0.15, 0.2) is 0 Å². The van der Waals surface area contributed by atoms with Gasteiger partial charge in [0.25, 0.3) is 0 Å². The smallest absolute Gasteiger partial charge is 0.309 e. The topological polar surface area (TPSA) is 46.5 Å². The van der Waals surface area contributed by atoms with Crippen molar-refractivity contribution in [1.82, 2.24) is 0 Å². The molecule has 0 saturated heterocycles. The summed E-state index contributed by atoms with van der Waals surface area (Å²) in [7, 11) is 0. The summed E-state index contributed by atoms with van der Waals surface area (Å²) < 4.78 is 18.4. The highest BCUT2D eigenvalue weighted by Gasteiger charge is 2.33. The largest absolute Gasteiger partial charge is 0.460 e. The van der Waals surface area contributed by atoms with Gasteiger partial charge in [0, 0.05) is 0 Å². The summed E-state index contributed by atoms with van der Waals surface area (Å²) in [6.45, 7) is 10.8. The Bertz CT molecular complexity index is 585. The Morgan fingerprint density at radius 1 is 1.35 bits per heavy atom. The minimum absolute atomic E-state index is 0.126. The molecule has 3 nitrogen and oxygen atoms in total. The number of aryl methyl sites for hydroxylation is 1. The molecule has 1 aromatic carbocycles. The zero-order valence-corrected chi connectivity index (χ0v) is 14.8. The second-order valence-electron chi connectivity index (χ2n) is 7.24. The van der Waals surface area contributed by atoms with E-state index in [0.29, 0.717) is 0 Å². The van der Waals surface area contributed by atoms with Gasteiger partial charge in [-0.25, -0.2) is 4.39 Å². The second-order valence-corrected chi connectivity index (χ2v) is 7.24. The molecule has 4 heteroatoms. The van der Waals surface area contributed by atoms with E-state index < -0.39 is 17.2 Å². The Morgan fingerprint density at radius 2 is 1.96 bits per heavy atom. The summed E-state index contributed by atoms with van der Waals surface area (Å²) in [6, 6.07) is 4.45. The van der Waals surface area contributed by atoms with Gasteiger partial charge in [-0.15, -0.1) is 0 Å². The summed E-state index contributed by atoms with van der Waals surface area (Å²) in [5.74, 6) is -0.922. The number of esters is 1. The Morgan fingerprint density at radius 3 is 2.43 bits per heavy atom. The second kappa shape index (κ2) is 7.26. The van der Waals surface area contributed by atoms with Crippen molar-refractivity contribution in [3.63, 3.8) is 0 Å². The highest BCUT2D eigenvalue weighted by Crippen LogP contribution is 2.26. The summed E-state index contributed by atoms with van der Waals surface area (Å²) in [4.78, 5) is 12.0. The van der Waals surface area contributed by atoms with Crippen LogP contribution in [0, 0.1) is 18.7 Å². The van der Waals surface area contributed by atoms with E-state index >= 15 is 0 Å². The molecular weight excluding hydrogens is 295 g/mol. The van der Waals surface area contributed by atoms with Crippen molar-refractivity contribution >= 4 is 12.0 Å². The molecule has 0 aliphatic rings. The van der Waals surface area contributed by atoms with Crippen molar-refractivity contribution < 1.29 is 19.0 Å². The molecular formula is C19H27FO3. The molecule has 0 saturated carbocycles. The fourth-order valence-electron chi connectivity index (χ4n) is 2.12. The molecule has 0 fully saturated rings. The van der Waals surface area contributed by atoms with Crippen LogP contribution < -0.4 is 0 Å². The Balaban J connectivity index is 2.96. The number of aliphatic hydroxyl groups is 1. The third-order valence-electron chi connectivity index (χ3n) is 3.63. The first-order valence-corrected chi connectivity index (χ1v) is 7.82. The van der Waals surface area contributed by atoms with Gasteiger partial charge < -0.3 is 9.84 Å². The third kappa shape index (κ3) is 6.14. The van der Waals surface area contributed by atoms with Crippen LogP contribution in [0.15, 0.2) is 24.3 Å². The molecule has 23 heavy (non-hydrogen) atoms.